The summed E-state index contributed by atoms with van der Waals surface area (Å²) in [5.74, 6) is 0.891. The summed E-state index contributed by atoms with van der Waals surface area (Å²) in [6, 6.07) is 8.60. The molecule has 3 N–H and O–H groups in total. The average molecular weight is 302 g/mol. The normalized spacial score (nSPS) is 16.4. The Labute approximate surface area is 125 Å². The first-order valence-corrected chi connectivity index (χ1v) is 8.48. The number of nitrogens with two attached hydrogens (primary N) is 1. The van der Waals surface area contributed by atoms with E-state index in [4.69, 9.17) is 5.73 Å². The summed E-state index contributed by atoms with van der Waals surface area (Å²) in [5, 5.41) is 3.70. The fraction of sp³-hybridized carbons (Fsp3) is 0.267. The molecule has 0 saturated heterocycles. The fourth-order valence-electron chi connectivity index (χ4n) is 2.54. The van der Waals surface area contributed by atoms with Gasteiger partial charge in [0.05, 0.1) is 10.6 Å². The summed E-state index contributed by atoms with van der Waals surface area (Å²) in [4.78, 5) is 14.9. The molecule has 1 amide bonds. The Kier molecular flexibility index (Phi) is 2.79. The van der Waals surface area contributed by atoms with Gasteiger partial charge in [-0.1, -0.05) is 18.2 Å². The zero-order chi connectivity index (χ0) is 13.7. The fourth-order valence-corrected chi connectivity index (χ4v) is 4.76. The number of nitrogen functional groups attached to an aromatic ring is 1. The first kappa shape index (κ1) is 12.3. The van der Waals surface area contributed by atoms with Gasteiger partial charge in [0.2, 0.25) is 0 Å². The van der Waals surface area contributed by atoms with Gasteiger partial charge in [-0.25, -0.2) is 0 Å². The van der Waals surface area contributed by atoms with Gasteiger partial charge >= 0.3 is 0 Å². The van der Waals surface area contributed by atoms with E-state index in [2.05, 4.69) is 17.4 Å². The SMILES string of the molecule is Nc1sc2c(c1C(=O)NC1CC1)-c1ccccc1SC2. The minimum absolute atomic E-state index is 0.01000. The minimum atomic E-state index is -0.01000. The van der Waals surface area contributed by atoms with Crippen molar-refractivity contribution in [2.24, 2.45) is 0 Å². The topological polar surface area (TPSA) is 55.1 Å². The molecular weight excluding hydrogens is 288 g/mol. The highest BCUT2D eigenvalue weighted by atomic mass is 32.2. The van der Waals surface area contributed by atoms with Crippen LogP contribution in [-0.4, -0.2) is 11.9 Å². The summed E-state index contributed by atoms with van der Waals surface area (Å²) in [6.07, 6.45) is 2.18. The molecule has 20 heavy (non-hydrogen) atoms. The molecule has 0 unspecified atom stereocenters. The van der Waals surface area contributed by atoms with E-state index >= 15 is 0 Å². The van der Waals surface area contributed by atoms with Crippen molar-refractivity contribution >= 4 is 34.0 Å². The van der Waals surface area contributed by atoms with Crippen LogP contribution in [0.4, 0.5) is 5.00 Å². The molecule has 0 atom stereocenters. The Bertz CT molecular complexity index is 704. The quantitative estimate of drug-likeness (QED) is 0.893. The Morgan fingerprint density at radius 2 is 2.10 bits per heavy atom. The van der Waals surface area contributed by atoms with Crippen LogP contribution in [0.2, 0.25) is 0 Å². The number of nitrogens with one attached hydrogen (secondary N) is 1. The minimum Gasteiger partial charge on any atom is -0.390 e. The van der Waals surface area contributed by atoms with Crippen molar-refractivity contribution in [2.45, 2.75) is 29.5 Å². The predicted molar refractivity (Wildman–Crippen MR) is 84.2 cm³/mol. The van der Waals surface area contributed by atoms with E-state index in [1.807, 2.05) is 23.9 Å². The molecule has 2 heterocycles. The van der Waals surface area contributed by atoms with Gasteiger partial charge in [-0.05, 0) is 24.5 Å². The molecule has 0 bridgehead atoms. The molecule has 5 heteroatoms. The van der Waals surface area contributed by atoms with Crippen LogP contribution in [0.3, 0.4) is 0 Å². The molecule has 2 aliphatic rings. The van der Waals surface area contributed by atoms with Crippen molar-refractivity contribution in [3.8, 4) is 11.1 Å². The smallest absolute Gasteiger partial charge is 0.255 e. The highest BCUT2D eigenvalue weighted by molar-refractivity contribution is 7.98. The van der Waals surface area contributed by atoms with Crippen molar-refractivity contribution in [2.75, 3.05) is 5.73 Å². The van der Waals surface area contributed by atoms with E-state index in [9.17, 15) is 4.79 Å². The molecule has 3 nitrogen and oxygen atoms in total. The van der Waals surface area contributed by atoms with Gasteiger partial charge in [0.25, 0.3) is 5.91 Å². The Balaban J connectivity index is 1.85. The molecule has 1 fully saturated rings. The number of anilines is 1. The van der Waals surface area contributed by atoms with Crippen LogP contribution in [0.25, 0.3) is 11.1 Å². The van der Waals surface area contributed by atoms with Crippen LogP contribution in [0.1, 0.15) is 28.1 Å². The number of fused-ring (bicyclic) bond motifs is 3. The lowest BCUT2D eigenvalue weighted by Gasteiger charge is -2.17. The third-order valence-electron chi connectivity index (χ3n) is 3.66. The van der Waals surface area contributed by atoms with Crippen LogP contribution in [0.15, 0.2) is 29.2 Å². The lowest BCUT2D eigenvalue weighted by atomic mass is 10.0. The van der Waals surface area contributed by atoms with Crippen LogP contribution < -0.4 is 11.1 Å². The summed E-state index contributed by atoms with van der Waals surface area (Å²) in [7, 11) is 0. The number of benzene rings is 1. The van der Waals surface area contributed by atoms with Crippen LogP contribution in [0, 0.1) is 0 Å². The molecular formula is C15H14N2OS2. The first-order valence-electron chi connectivity index (χ1n) is 6.68. The number of hydrogen-bond acceptors (Lipinski definition) is 4. The zero-order valence-electron chi connectivity index (χ0n) is 10.8. The lowest BCUT2D eigenvalue weighted by molar-refractivity contribution is 0.0953. The van der Waals surface area contributed by atoms with Crippen molar-refractivity contribution < 1.29 is 4.79 Å². The zero-order valence-corrected chi connectivity index (χ0v) is 12.4. The van der Waals surface area contributed by atoms with Gasteiger partial charge in [0.15, 0.2) is 0 Å². The second-order valence-corrected chi connectivity index (χ2v) is 7.33. The summed E-state index contributed by atoms with van der Waals surface area (Å²) in [6.45, 7) is 0. The molecule has 1 saturated carbocycles. The first-order chi connectivity index (χ1) is 9.74. The average Bonchev–Trinajstić information content (AvgIpc) is 3.18. The lowest BCUT2D eigenvalue weighted by Crippen LogP contribution is -2.26. The maximum atomic E-state index is 12.5. The molecule has 1 aromatic carbocycles. The third-order valence-corrected chi connectivity index (χ3v) is 5.96. The Morgan fingerprint density at radius 1 is 1.30 bits per heavy atom. The van der Waals surface area contributed by atoms with Crippen LogP contribution in [-0.2, 0) is 5.75 Å². The molecule has 1 aliphatic heterocycles. The standard InChI is InChI=1S/C15H14N2OS2/c16-14-13(15(18)17-8-5-6-8)12-9-3-1-2-4-10(9)19-7-11(12)20-14/h1-4,8H,5-7,16H2,(H,17,18). The summed E-state index contributed by atoms with van der Waals surface area (Å²) < 4.78 is 0. The number of hydrogen-bond donors (Lipinski definition) is 2. The molecule has 1 aromatic heterocycles. The third kappa shape index (κ3) is 1.93. The van der Waals surface area contributed by atoms with E-state index < -0.39 is 0 Å². The second kappa shape index (κ2) is 4.53. The summed E-state index contributed by atoms with van der Waals surface area (Å²) >= 11 is 3.37. The Hall–Kier alpha value is -1.46. The van der Waals surface area contributed by atoms with Gasteiger partial charge in [-0.15, -0.1) is 23.1 Å². The molecule has 1 aliphatic carbocycles. The second-order valence-electron chi connectivity index (χ2n) is 5.17. The number of thioether (sulfide) groups is 1. The number of carbonyl (C=O) groups excluding carboxylic acids is 1. The van der Waals surface area contributed by atoms with Crippen LogP contribution in [0.5, 0.6) is 0 Å². The van der Waals surface area contributed by atoms with Gasteiger partial charge in [-0.3, -0.25) is 4.79 Å². The van der Waals surface area contributed by atoms with Crippen molar-refractivity contribution in [3.05, 3.63) is 34.7 Å². The van der Waals surface area contributed by atoms with Gasteiger partial charge in [-0.2, -0.15) is 0 Å². The molecule has 102 valence electrons. The largest absolute Gasteiger partial charge is 0.390 e. The molecule has 0 radical (unpaired) electrons. The number of amides is 1. The van der Waals surface area contributed by atoms with Crippen molar-refractivity contribution in [1.82, 2.24) is 5.32 Å². The highest BCUT2D eigenvalue weighted by Crippen LogP contribution is 2.48. The van der Waals surface area contributed by atoms with Gasteiger partial charge < -0.3 is 11.1 Å². The Morgan fingerprint density at radius 3 is 2.90 bits per heavy atom. The highest BCUT2D eigenvalue weighted by Gasteiger charge is 2.31. The molecule has 0 spiro atoms. The van der Waals surface area contributed by atoms with Crippen molar-refractivity contribution in [1.29, 1.82) is 0 Å². The van der Waals surface area contributed by atoms with E-state index in [0.29, 0.717) is 16.6 Å². The number of thiophene rings is 1. The van der Waals surface area contributed by atoms with Crippen molar-refractivity contribution in [3.63, 3.8) is 0 Å². The van der Waals surface area contributed by atoms with E-state index in [0.717, 1.165) is 29.7 Å². The van der Waals surface area contributed by atoms with E-state index in [1.165, 1.54) is 9.77 Å². The number of rotatable bonds is 2. The molecule has 4 rings (SSSR count). The maximum absolute atomic E-state index is 12.5. The van der Waals surface area contributed by atoms with E-state index in [-0.39, 0.29) is 5.91 Å². The number of carbonyl (C=O) groups is 1. The van der Waals surface area contributed by atoms with Crippen LogP contribution >= 0.6 is 23.1 Å². The summed E-state index contributed by atoms with van der Waals surface area (Å²) in [5.41, 5.74) is 9.01. The maximum Gasteiger partial charge on any atom is 0.255 e. The van der Waals surface area contributed by atoms with Gasteiger partial charge in [0.1, 0.15) is 0 Å². The monoisotopic (exact) mass is 302 g/mol. The predicted octanol–water partition coefficient (Wildman–Crippen LogP) is 3.50. The van der Waals surface area contributed by atoms with Gasteiger partial charge in [0, 0.05) is 27.1 Å². The molecule has 2 aromatic rings. The van der Waals surface area contributed by atoms with E-state index in [1.54, 1.807) is 11.3 Å².